The second-order valence-corrected chi connectivity index (χ2v) is 9.36. The maximum absolute atomic E-state index is 15.9. The molecule has 1 spiro atoms. The van der Waals surface area contributed by atoms with E-state index in [1.165, 1.54) is 18.5 Å². The van der Waals surface area contributed by atoms with Crippen LogP contribution in [0.4, 0.5) is 14.6 Å². The van der Waals surface area contributed by atoms with Crippen LogP contribution in [0, 0.1) is 11.6 Å². The van der Waals surface area contributed by atoms with Gasteiger partial charge in [-0.05, 0) is 30.4 Å². The smallest absolute Gasteiger partial charge is 0.246 e. The van der Waals surface area contributed by atoms with Gasteiger partial charge >= 0.3 is 0 Å². The molecule has 4 aromatic rings. The van der Waals surface area contributed by atoms with Gasteiger partial charge in [-0.25, -0.2) is 18.7 Å². The van der Waals surface area contributed by atoms with E-state index in [2.05, 4.69) is 26.4 Å². The van der Waals surface area contributed by atoms with E-state index < -0.39 is 11.6 Å². The molecule has 0 radical (unpaired) electrons. The van der Waals surface area contributed by atoms with Crippen molar-refractivity contribution in [3.8, 4) is 11.3 Å². The summed E-state index contributed by atoms with van der Waals surface area (Å²) in [6, 6.07) is 8.09. The number of amides is 1. The normalized spacial score (nSPS) is 16.8. The number of anilines is 1. The van der Waals surface area contributed by atoms with Gasteiger partial charge in [-0.3, -0.25) is 9.78 Å². The van der Waals surface area contributed by atoms with E-state index in [1.807, 2.05) is 4.90 Å². The summed E-state index contributed by atoms with van der Waals surface area (Å²) in [7, 11) is 0. The highest BCUT2D eigenvalue weighted by molar-refractivity contribution is 6.36. The van der Waals surface area contributed by atoms with Crippen molar-refractivity contribution in [3.05, 3.63) is 72.2 Å². The summed E-state index contributed by atoms with van der Waals surface area (Å²) >= 11 is 6.26. The summed E-state index contributed by atoms with van der Waals surface area (Å²) in [6.45, 7) is 5.30. The molecule has 1 amide bonds. The van der Waals surface area contributed by atoms with Crippen LogP contribution in [0.2, 0.25) is 5.02 Å². The minimum Gasteiger partial charge on any atom is -0.352 e. The van der Waals surface area contributed by atoms with E-state index in [4.69, 9.17) is 11.6 Å². The highest BCUT2D eigenvalue weighted by Gasteiger charge is 2.53. The molecule has 0 N–H and O–H groups in total. The first-order chi connectivity index (χ1) is 16.9. The van der Waals surface area contributed by atoms with Gasteiger partial charge in [-0.1, -0.05) is 42.4 Å². The number of fused-ring (bicyclic) bond motifs is 2. The van der Waals surface area contributed by atoms with E-state index in [-0.39, 0.29) is 27.7 Å². The van der Waals surface area contributed by atoms with E-state index in [0.717, 1.165) is 12.8 Å². The molecule has 1 saturated heterocycles. The summed E-state index contributed by atoms with van der Waals surface area (Å²) in [5.74, 6) is -0.703. The van der Waals surface area contributed by atoms with Crippen molar-refractivity contribution in [2.45, 2.75) is 18.4 Å². The molecule has 2 aromatic carbocycles. The number of hydrogen-bond acceptors (Lipinski definition) is 5. The topological polar surface area (TPSA) is 62.2 Å². The van der Waals surface area contributed by atoms with Crippen molar-refractivity contribution in [3.63, 3.8) is 0 Å². The monoisotopic (exact) mass is 491 g/mol. The second-order valence-electron chi connectivity index (χ2n) is 8.99. The van der Waals surface area contributed by atoms with Gasteiger partial charge in [0, 0.05) is 36.8 Å². The van der Waals surface area contributed by atoms with E-state index in [9.17, 15) is 9.18 Å². The van der Waals surface area contributed by atoms with Crippen LogP contribution in [0.1, 0.15) is 12.8 Å². The number of benzene rings is 2. The maximum atomic E-state index is 15.9. The number of halogens is 3. The fourth-order valence-electron chi connectivity index (χ4n) is 5.11. The van der Waals surface area contributed by atoms with Crippen molar-refractivity contribution >= 4 is 45.0 Å². The Labute approximate surface area is 204 Å². The fourth-order valence-corrected chi connectivity index (χ4v) is 5.38. The van der Waals surface area contributed by atoms with E-state index in [0.29, 0.717) is 47.2 Å². The van der Waals surface area contributed by atoms with Gasteiger partial charge in [0.05, 0.1) is 15.9 Å². The molecule has 2 aliphatic rings. The zero-order valence-electron chi connectivity index (χ0n) is 18.6. The van der Waals surface area contributed by atoms with Gasteiger partial charge in [0.15, 0.2) is 5.82 Å². The SMILES string of the molecule is C=CC(=O)N1CCN(c2ncnc3c(F)c(-c4cccc5ccc(F)c(Cl)c45)ncc23)CC12CC2. The Kier molecular flexibility index (Phi) is 4.96. The molecule has 6 nitrogen and oxygen atoms in total. The molecule has 3 heterocycles. The highest BCUT2D eigenvalue weighted by Crippen LogP contribution is 2.46. The van der Waals surface area contributed by atoms with Gasteiger partial charge in [-0.2, -0.15) is 0 Å². The Morgan fingerprint density at radius 2 is 1.94 bits per heavy atom. The molecule has 2 aromatic heterocycles. The molecular formula is C26H20ClF2N5O. The summed E-state index contributed by atoms with van der Waals surface area (Å²) in [5.41, 5.74) is 0.315. The molecule has 176 valence electrons. The number of carbonyl (C=O) groups excluding carboxylic acids is 1. The number of pyridine rings is 1. The molecule has 2 fully saturated rings. The molecule has 1 aliphatic carbocycles. The molecule has 0 atom stereocenters. The average molecular weight is 492 g/mol. The largest absolute Gasteiger partial charge is 0.352 e. The van der Waals surface area contributed by atoms with Gasteiger partial charge in [0.2, 0.25) is 5.91 Å². The van der Waals surface area contributed by atoms with Crippen LogP contribution in [0.5, 0.6) is 0 Å². The van der Waals surface area contributed by atoms with Crippen LogP contribution in [-0.4, -0.2) is 50.9 Å². The summed E-state index contributed by atoms with van der Waals surface area (Å²) < 4.78 is 30.1. The first kappa shape index (κ1) is 21.9. The van der Waals surface area contributed by atoms with Gasteiger partial charge < -0.3 is 9.80 Å². The Bertz CT molecular complexity index is 1540. The van der Waals surface area contributed by atoms with Crippen molar-refractivity contribution < 1.29 is 13.6 Å². The first-order valence-electron chi connectivity index (χ1n) is 11.3. The number of hydrogen-bond donors (Lipinski definition) is 0. The number of aromatic nitrogens is 3. The highest BCUT2D eigenvalue weighted by atomic mass is 35.5. The number of piperazine rings is 1. The number of carbonyl (C=O) groups is 1. The average Bonchev–Trinajstić information content (AvgIpc) is 3.64. The Morgan fingerprint density at radius 3 is 2.71 bits per heavy atom. The molecule has 35 heavy (non-hydrogen) atoms. The number of nitrogens with zero attached hydrogens (tertiary/aromatic N) is 5. The number of rotatable bonds is 3. The molecular weight excluding hydrogens is 472 g/mol. The summed E-state index contributed by atoms with van der Waals surface area (Å²) in [4.78, 5) is 29.3. The van der Waals surface area contributed by atoms with Crippen molar-refractivity contribution in [2.75, 3.05) is 24.5 Å². The molecule has 6 rings (SSSR count). The zero-order valence-corrected chi connectivity index (χ0v) is 19.4. The lowest BCUT2D eigenvalue weighted by Crippen LogP contribution is -2.57. The fraction of sp³-hybridized carbons (Fsp3) is 0.231. The van der Waals surface area contributed by atoms with Gasteiger partial charge in [0.25, 0.3) is 0 Å². The Morgan fingerprint density at radius 1 is 1.11 bits per heavy atom. The van der Waals surface area contributed by atoms with E-state index in [1.54, 1.807) is 30.5 Å². The Balaban J connectivity index is 1.44. The lowest BCUT2D eigenvalue weighted by molar-refractivity contribution is -0.129. The summed E-state index contributed by atoms with van der Waals surface area (Å²) in [5, 5.41) is 1.48. The lowest BCUT2D eigenvalue weighted by Gasteiger charge is -2.42. The van der Waals surface area contributed by atoms with Crippen LogP contribution in [0.15, 0.2) is 55.5 Å². The molecule has 0 unspecified atom stereocenters. The molecule has 1 saturated carbocycles. The minimum absolute atomic E-state index is 0.0420. The molecule has 9 heteroatoms. The minimum atomic E-state index is -0.624. The third-order valence-corrected chi connectivity index (χ3v) is 7.38. The molecule has 1 aliphatic heterocycles. The standard InChI is InChI=1S/C26H20ClF2N5O/c1-2-19(35)34-11-10-33(13-26(34)8-9-26)25-17-12-30-23(22(29)24(17)31-14-32-25)16-5-3-4-15-6-7-18(28)21(27)20(15)16/h2-7,12,14H,1,8-11,13H2. The van der Waals surface area contributed by atoms with Crippen LogP contribution in [-0.2, 0) is 4.79 Å². The van der Waals surface area contributed by atoms with Gasteiger partial charge in [-0.15, -0.1) is 0 Å². The predicted octanol–water partition coefficient (Wildman–Crippen LogP) is 5.14. The third kappa shape index (κ3) is 3.35. The van der Waals surface area contributed by atoms with Crippen molar-refractivity contribution in [2.24, 2.45) is 0 Å². The lowest BCUT2D eigenvalue weighted by atomic mass is 10.0. The van der Waals surface area contributed by atoms with Crippen LogP contribution in [0.25, 0.3) is 32.9 Å². The summed E-state index contributed by atoms with van der Waals surface area (Å²) in [6.07, 6.45) is 6.04. The molecule has 0 bridgehead atoms. The first-order valence-corrected chi connectivity index (χ1v) is 11.7. The van der Waals surface area contributed by atoms with Crippen LogP contribution in [0.3, 0.4) is 0 Å². The van der Waals surface area contributed by atoms with E-state index >= 15 is 4.39 Å². The maximum Gasteiger partial charge on any atom is 0.246 e. The van der Waals surface area contributed by atoms with Crippen LogP contribution < -0.4 is 4.90 Å². The predicted molar refractivity (Wildman–Crippen MR) is 131 cm³/mol. The van der Waals surface area contributed by atoms with Crippen LogP contribution >= 0.6 is 11.6 Å². The van der Waals surface area contributed by atoms with Crippen molar-refractivity contribution in [1.82, 2.24) is 19.9 Å². The quantitative estimate of drug-likeness (QED) is 0.371. The Hall–Kier alpha value is -3.65. The second kappa shape index (κ2) is 7.95. The zero-order chi connectivity index (χ0) is 24.3. The van der Waals surface area contributed by atoms with Gasteiger partial charge in [0.1, 0.15) is 29.2 Å². The van der Waals surface area contributed by atoms with Crippen molar-refractivity contribution in [1.29, 1.82) is 0 Å². The third-order valence-electron chi connectivity index (χ3n) is 7.01.